The third-order valence-electron chi connectivity index (χ3n) is 2.21. The Labute approximate surface area is 121 Å². The van der Waals surface area contributed by atoms with Crippen LogP contribution in [0.2, 0.25) is 5.02 Å². The molecule has 0 aliphatic carbocycles. The quantitative estimate of drug-likeness (QED) is 0.843. The van der Waals surface area contributed by atoms with Crippen LogP contribution in [0.25, 0.3) is 10.6 Å². The highest BCUT2D eigenvalue weighted by molar-refractivity contribution is 9.10. The number of nitrogens with two attached hydrogens (primary N) is 1. The highest BCUT2D eigenvalue weighted by Gasteiger charge is 2.19. The second-order valence-corrected chi connectivity index (χ2v) is 5.59. The highest BCUT2D eigenvalue weighted by Crippen LogP contribution is 2.37. The number of ether oxygens (including phenoxy) is 1. The maximum Gasteiger partial charge on any atom is 0.359 e. The molecule has 0 amide bonds. The summed E-state index contributed by atoms with van der Waals surface area (Å²) in [5, 5.41) is 1.43. The summed E-state index contributed by atoms with van der Waals surface area (Å²) >= 11 is 10.7. The van der Waals surface area contributed by atoms with Crippen LogP contribution < -0.4 is 5.73 Å². The Kier molecular flexibility index (Phi) is 3.89. The molecule has 2 aromatic rings. The number of thiazole rings is 1. The van der Waals surface area contributed by atoms with Gasteiger partial charge in [-0.15, -0.1) is 0 Å². The summed E-state index contributed by atoms with van der Waals surface area (Å²) in [4.78, 5) is 15.6. The van der Waals surface area contributed by atoms with Crippen molar-refractivity contribution in [1.82, 2.24) is 4.98 Å². The number of esters is 1. The van der Waals surface area contributed by atoms with Crippen molar-refractivity contribution in [2.75, 3.05) is 12.8 Å². The van der Waals surface area contributed by atoms with Gasteiger partial charge in [-0.05, 0) is 22.0 Å². The van der Waals surface area contributed by atoms with Crippen molar-refractivity contribution in [3.05, 3.63) is 33.4 Å². The van der Waals surface area contributed by atoms with Crippen molar-refractivity contribution in [3.63, 3.8) is 0 Å². The van der Waals surface area contributed by atoms with E-state index >= 15 is 0 Å². The molecule has 0 aliphatic rings. The van der Waals surface area contributed by atoms with Crippen LogP contribution in [-0.2, 0) is 4.74 Å². The van der Waals surface area contributed by atoms with Crippen molar-refractivity contribution in [3.8, 4) is 10.6 Å². The van der Waals surface area contributed by atoms with E-state index in [0.717, 1.165) is 10.0 Å². The first-order valence-corrected chi connectivity index (χ1v) is 6.82. The first-order valence-electron chi connectivity index (χ1n) is 4.83. The summed E-state index contributed by atoms with van der Waals surface area (Å²) in [7, 11) is 1.28. The first-order chi connectivity index (χ1) is 8.54. The van der Waals surface area contributed by atoms with E-state index in [1.54, 1.807) is 0 Å². The number of nitrogens with zero attached hydrogens (tertiary/aromatic N) is 1. The number of aromatic nitrogens is 1. The van der Waals surface area contributed by atoms with Crippen molar-refractivity contribution >= 4 is 49.8 Å². The van der Waals surface area contributed by atoms with E-state index in [1.165, 1.54) is 18.4 Å². The fourth-order valence-electron chi connectivity index (χ4n) is 1.36. The van der Waals surface area contributed by atoms with Crippen LogP contribution >= 0.6 is 38.9 Å². The van der Waals surface area contributed by atoms with Crippen LogP contribution in [0, 0.1) is 0 Å². The fourth-order valence-corrected chi connectivity index (χ4v) is 2.85. The van der Waals surface area contributed by atoms with Gasteiger partial charge >= 0.3 is 5.97 Å². The van der Waals surface area contributed by atoms with E-state index < -0.39 is 5.97 Å². The summed E-state index contributed by atoms with van der Waals surface area (Å²) in [6.45, 7) is 0. The lowest BCUT2D eigenvalue weighted by atomic mass is 10.2. The minimum atomic E-state index is -0.555. The van der Waals surface area contributed by atoms with Crippen LogP contribution in [0.15, 0.2) is 22.7 Å². The van der Waals surface area contributed by atoms with E-state index in [1.807, 2.05) is 18.2 Å². The largest absolute Gasteiger partial charge is 0.464 e. The topological polar surface area (TPSA) is 65.2 Å². The predicted octanol–water partition coefficient (Wildman–Crippen LogP) is 3.59. The fraction of sp³-hybridized carbons (Fsp3) is 0.0909. The molecule has 2 rings (SSSR count). The number of hydrogen-bond acceptors (Lipinski definition) is 5. The van der Waals surface area contributed by atoms with Gasteiger partial charge in [-0.2, -0.15) is 0 Å². The number of carbonyl (C=O) groups is 1. The molecule has 2 N–H and O–H groups in total. The lowest BCUT2D eigenvalue weighted by Crippen LogP contribution is -2.04. The standard InChI is InChI=1S/C11H8BrClN2O2S/c1-17-11(16)8-9(14)18-10(15-8)5-3-2-4-6(12)7(5)13/h2-4H,14H2,1H3. The van der Waals surface area contributed by atoms with Gasteiger partial charge in [0.1, 0.15) is 10.0 Å². The van der Waals surface area contributed by atoms with E-state index in [0.29, 0.717) is 15.0 Å². The number of benzene rings is 1. The molecule has 0 spiro atoms. The molecular formula is C11H8BrClN2O2S. The second kappa shape index (κ2) is 5.26. The molecule has 0 radical (unpaired) electrons. The molecule has 0 fully saturated rings. The number of methoxy groups -OCH3 is 1. The zero-order chi connectivity index (χ0) is 13.3. The molecule has 18 heavy (non-hydrogen) atoms. The molecule has 0 saturated carbocycles. The van der Waals surface area contributed by atoms with E-state index in [-0.39, 0.29) is 5.69 Å². The molecule has 4 nitrogen and oxygen atoms in total. The van der Waals surface area contributed by atoms with Crippen LogP contribution in [0.3, 0.4) is 0 Å². The van der Waals surface area contributed by atoms with E-state index in [2.05, 4.69) is 25.7 Å². The molecule has 0 saturated heterocycles. The number of halogens is 2. The Morgan fingerprint density at radius 1 is 1.56 bits per heavy atom. The van der Waals surface area contributed by atoms with E-state index in [4.69, 9.17) is 17.3 Å². The van der Waals surface area contributed by atoms with Gasteiger partial charge in [0.15, 0.2) is 5.69 Å². The molecule has 0 bridgehead atoms. The predicted molar refractivity (Wildman–Crippen MR) is 76.0 cm³/mol. The van der Waals surface area contributed by atoms with Gasteiger partial charge in [0.25, 0.3) is 0 Å². The number of rotatable bonds is 2. The Bertz CT molecular complexity index is 615. The molecular weight excluding hydrogens is 340 g/mol. The Hall–Kier alpha value is -1.11. The van der Waals surface area contributed by atoms with E-state index in [9.17, 15) is 4.79 Å². The molecule has 0 unspecified atom stereocenters. The summed E-state index contributed by atoms with van der Waals surface area (Å²) < 4.78 is 5.36. The number of carbonyl (C=O) groups excluding carboxylic acids is 1. The summed E-state index contributed by atoms with van der Waals surface area (Å²) in [5.41, 5.74) is 6.58. The van der Waals surface area contributed by atoms with Gasteiger partial charge < -0.3 is 10.5 Å². The summed E-state index contributed by atoms with van der Waals surface area (Å²) in [6, 6.07) is 5.47. The zero-order valence-corrected chi connectivity index (χ0v) is 12.4. The third-order valence-corrected chi connectivity index (χ3v) is 4.43. The monoisotopic (exact) mass is 346 g/mol. The van der Waals surface area contributed by atoms with Gasteiger partial charge in [0.05, 0.1) is 12.1 Å². The average Bonchev–Trinajstić information content (AvgIpc) is 2.73. The second-order valence-electron chi connectivity index (χ2n) is 3.32. The van der Waals surface area contributed by atoms with Crippen LogP contribution in [0.5, 0.6) is 0 Å². The number of nitrogen functional groups attached to an aromatic ring is 1. The Morgan fingerprint density at radius 3 is 2.94 bits per heavy atom. The maximum absolute atomic E-state index is 11.4. The maximum atomic E-state index is 11.4. The molecule has 1 aromatic carbocycles. The van der Waals surface area contributed by atoms with Gasteiger partial charge in [-0.1, -0.05) is 35.1 Å². The SMILES string of the molecule is COC(=O)c1nc(-c2cccc(Br)c2Cl)sc1N. The van der Waals surface area contributed by atoms with Crippen molar-refractivity contribution in [2.45, 2.75) is 0 Å². The molecule has 0 atom stereocenters. The van der Waals surface area contributed by atoms with Crippen molar-refractivity contribution in [1.29, 1.82) is 0 Å². The summed E-state index contributed by atoms with van der Waals surface area (Å²) in [6.07, 6.45) is 0. The van der Waals surface area contributed by atoms with Gasteiger partial charge in [-0.25, -0.2) is 9.78 Å². The van der Waals surface area contributed by atoms with Gasteiger partial charge in [0, 0.05) is 10.0 Å². The minimum Gasteiger partial charge on any atom is -0.464 e. The van der Waals surface area contributed by atoms with Gasteiger partial charge in [0.2, 0.25) is 0 Å². The minimum absolute atomic E-state index is 0.119. The smallest absolute Gasteiger partial charge is 0.359 e. The average molecular weight is 348 g/mol. The van der Waals surface area contributed by atoms with Crippen LogP contribution in [0.4, 0.5) is 5.00 Å². The lowest BCUT2D eigenvalue weighted by Gasteiger charge is -2.01. The Morgan fingerprint density at radius 2 is 2.28 bits per heavy atom. The van der Waals surface area contributed by atoms with Crippen LogP contribution in [0.1, 0.15) is 10.5 Å². The molecule has 0 aliphatic heterocycles. The van der Waals surface area contributed by atoms with Gasteiger partial charge in [-0.3, -0.25) is 0 Å². The molecule has 1 heterocycles. The molecule has 94 valence electrons. The first kappa shape index (κ1) is 13.3. The number of anilines is 1. The zero-order valence-electron chi connectivity index (χ0n) is 9.24. The molecule has 7 heteroatoms. The highest BCUT2D eigenvalue weighted by atomic mass is 79.9. The lowest BCUT2D eigenvalue weighted by molar-refractivity contribution is 0.0596. The Balaban J connectivity index is 2.53. The summed E-state index contributed by atoms with van der Waals surface area (Å²) in [5.74, 6) is -0.555. The molecule has 1 aromatic heterocycles. The normalized spacial score (nSPS) is 10.4. The van der Waals surface area contributed by atoms with Crippen molar-refractivity contribution in [2.24, 2.45) is 0 Å². The van der Waals surface area contributed by atoms with Crippen molar-refractivity contribution < 1.29 is 9.53 Å². The van der Waals surface area contributed by atoms with Crippen LogP contribution in [-0.4, -0.2) is 18.1 Å². The number of hydrogen-bond donors (Lipinski definition) is 1. The third kappa shape index (κ3) is 2.36.